The van der Waals surface area contributed by atoms with Crippen molar-refractivity contribution < 1.29 is 23.0 Å². The molecule has 0 radical (unpaired) electrons. The zero-order valence-electron chi connectivity index (χ0n) is 13.6. The van der Waals surface area contributed by atoms with Gasteiger partial charge in [-0.2, -0.15) is 0 Å². The van der Waals surface area contributed by atoms with E-state index in [-0.39, 0.29) is 29.3 Å². The first kappa shape index (κ1) is 17.7. The van der Waals surface area contributed by atoms with Gasteiger partial charge in [0.25, 0.3) is 0 Å². The molecule has 24 heavy (non-hydrogen) atoms. The molecule has 0 spiro atoms. The third-order valence-corrected chi connectivity index (χ3v) is 3.45. The maximum atomic E-state index is 14.2. The van der Waals surface area contributed by atoms with E-state index in [1.807, 2.05) is 6.08 Å². The molecule has 0 saturated carbocycles. The Labute approximate surface area is 139 Å². The van der Waals surface area contributed by atoms with Crippen LogP contribution in [0.4, 0.5) is 8.78 Å². The Morgan fingerprint density at radius 3 is 2.62 bits per heavy atom. The number of carbonyl (C=O) groups is 1. The van der Waals surface area contributed by atoms with E-state index in [0.29, 0.717) is 12.0 Å². The van der Waals surface area contributed by atoms with Gasteiger partial charge in [0, 0.05) is 12.0 Å². The lowest BCUT2D eigenvalue weighted by atomic mass is 10.0. The van der Waals surface area contributed by atoms with Crippen LogP contribution < -0.4 is 4.74 Å². The molecule has 1 aromatic carbocycles. The van der Waals surface area contributed by atoms with Gasteiger partial charge in [0.2, 0.25) is 0 Å². The minimum Gasteiger partial charge on any atom is -0.494 e. The van der Waals surface area contributed by atoms with Crippen molar-refractivity contribution in [3.05, 3.63) is 71.5 Å². The zero-order valence-corrected chi connectivity index (χ0v) is 13.6. The Balaban J connectivity index is 2.27. The van der Waals surface area contributed by atoms with Crippen LogP contribution in [0.5, 0.6) is 5.75 Å². The molecule has 0 bridgehead atoms. The average molecular weight is 332 g/mol. The summed E-state index contributed by atoms with van der Waals surface area (Å²) < 4.78 is 37.7. The molecule has 1 aliphatic rings. The van der Waals surface area contributed by atoms with Gasteiger partial charge in [-0.1, -0.05) is 24.8 Å². The smallest absolute Gasteiger partial charge is 0.338 e. The fourth-order valence-electron chi connectivity index (χ4n) is 2.14. The molecule has 2 rings (SSSR count). The van der Waals surface area contributed by atoms with E-state index in [2.05, 4.69) is 6.58 Å². The lowest BCUT2D eigenvalue weighted by Gasteiger charge is -2.11. The predicted molar refractivity (Wildman–Crippen MR) is 88.3 cm³/mol. The van der Waals surface area contributed by atoms with Crippen LogP contribution in [-0.4, -0.2) is 13.1 Å². The number of carbonyl (C=O) groups excluding carboxylic acids is 1. The number of benzene rings is 1. The summed E-state index contributed by atoms with van der Waals surface area (Å²) in [5, 5.41) is 0. The Morgan fingerprint density at radius 1 is 1.25 bits per heavy atom. The Hall–Kier alpha value is -2.69. The third kappa shape index (κ3) is 4.19. The minimum atomic E-state index is -0.683. The van der Waals surface area contributed by atoms with E-state index in [9.17, 15) is 13.6 Å². The van der Waals surface area contributed by atoms with Crippen molar-refractivity contribution in [2.45, 2.75) is 19.8 Å². The van der Waals surface area contributed by atoms with Gasteiger partial charge in [0.15, 0.2) is 11.6 Å². The molecule has 126 valence electrons. The lowest BCUT2D eigenvalue weighted by Crippen LogP contribution is -2.09. The summed E-state index contributed by atoms with van der Waals surface area (Å²) in [7, 11) is 1.40. The number of ether oxygens (including phenoxy) is 2. The van der Waals surface area contributed by atoms with E-state index >= 15 is 0 Å². The second-order valence-electron chi connectivity index (χ2n) is 5.32. The zero-order chi connectivity index (χ0) is 17.7. The molecular formula is C19H18F2O3. The first-order valence-corrected chi connectivity index (χ1v) is 7.41. The Morgan fingerprint density at radius 2 is 2.00 bits per heavy atom. The molecule has 0 saturated heterocycles. The summed E-state index contributed by atoms with van der Waals surface area (Å²) in [5.74, 6) is -1.67. The molecule has 0 N–H and O–H groups in total. The summed E-state index contributed by atoms with van der Waals surface area (Å²) >= 11 is 0. The van der Waals surface area contributed by atoms with Crippen LogP contribution in [0.15, 0.2) is 60.2 Å². The topological polar surface area (TPSA) is 35.5 Å². The van der Waals surface area contributed by atoms with Crippen LogP contribution in [0.3, 0.4) is 0 Å². The van der Waals surface area contributed by atoms with Crippen LogP contribution in [0.25, 0.3) is 5.57 Å². The molecule has 0 unspecified atom stereocenters. The van der Waals surface area contributed by atoms with Gasteiger partial charge in [-0.25, -0.2) is 13.6 Å². The van der Waals surface area contributed by atoms with Crippen molar-refractivity contribution in [1.29, 1.82) is 0 Å². The normalized spacial score (nSPS) is 21.1. The molecule has 5 heteroatoms. The van der Waals surface area contributed by atoms with Crippen LogP contribution in [-0.2, 0) is 9.53 Å². The first-order chi connectivity index (χ1) is 11.4. The van der Waals surface area contributed by atoms with Gasteiger partial charge in [0.05, 0.1) is 7.11 Å². The SMILES string of the molecule is C=C(C)C(=O)Oc1ccc(C2=C/CC/C(F)=C(OC)/C=C\2)cc1F. The van der Waals surface area contributed by atoms with Gasteiger partial charge >= 0.3 is 5.97 Å². The number of hydrogen-bond acceptors (Lipinski definition) is 3. The molecule has 1 aliphatic carbocycles. The molecular weight excluding hydrogens is 314 g/mol. The van der Waals surface area contributed by atoms with Gasteiger partial charge < -0.3 is 9.47 Å². The highest BCUT2D eigenvalue weighted by Gasteiger charge is 2.13. The number of halogens is 2. The molecule has 3 nitrogen and oxygen atoms in total. The van der Waals surface area contributed by atoms with E-state index in [1.54, 1.807) is 12.1 Å². The molecule has 0 amide bonds. The largest absolute Gasteiger partial charge is 0.494 e. The van der Waals surface area contributed by atoms with Crippen molar-refractivity contribution in [1.82, 2.24) is 0 Å². The van der Waals surface area contributed by atoms with Crippen LogP contribution >= 0.6 is 0 Å². The van der Waals surface area contributed by atoms with E-state index in [0.717, 1.165) is 5.57 Å². The van der Waals surface area contributed by atoms with Gasteiger partial charge in [-0.05, 0) is 42.7 Å². The maximum absolute atomic E-state index is 14.2. The fraction of sp³-hybridized carbons (Fsp3) is 0.211. The number of allylic oxidation sites excluding steroid dienone is 5. The summed E-state index contributed by atoms with van der Waals surface area (Å²) in [5.41, 5.74) is 1.51. The summed E-state index contributed by atoms with van der Waals surface area (Å²) in [6, 6.07) is 4.28. The van der Waals surface area contributed by atoms with E-state index in [1.165, 1.54) is 32.2 Å². The van der Waals surface area contributed by atoms with Crippen molar-refractivity contribution in [2.24, 2.45) is 0 Å². The highest BCUT2D eigenvalue weighted by molar-refractivity contribution is 5.88. The summed E-state index contributed by atoms with van der Waals surface area (Å²) in [6.45, 7) is 4.94. The lowest BCUT2D eigenvalue weighted by molar-refractivity contribution is -0.130. The van der Waals surface area contributed by atoms with E-state index < -0.39 is 11.8 Å². The number of rotatable bonds is 4. The average Bonchev–Trinajstić information content (AvgIpc) is 2.53. The van der Waals surface area contributed by atoms with Crippen LogP contribution in [0.2, 0.25) is 0 Å². The Kier molecular flexibility index (Phi) is 5.68. The number of esters is 1. The van der Waals surface area contributed by atoms with Crippen molar-refractivity contribution >= 4 is 11.5 Å². The van der Waals surface area contributed by atoms with Crippen LogP contribution in [0, 0.1) is 5.82 Å². The highest BCUT2D eigenvalue weighted by Crippen LogP contribution is 2.27. The maximum Gasteiger partial charge on any atom is 0.338 e. The highest BCUT2D eigenvalue weighted by atomic mass is 19.1. The second-order valence-corrected chi connectivity index (χ2v) is 5.32. The molecule has 0 fully saturated rings. The van der Waals surface area contributed by atoms with Gasteiger partial charge in [-0.3, -0.25) is 0 Å². The molecule has 0 aromatic heterocycles. The monoisotopic (exact) mass is 332 g/mol. The van der Waals surface area contributed by atoms with Crippen molar-refractivity contribution in [3.8, 4) is 5.75 Å². The van der Waals surface area contributed by atoms with Crippen molar-refractivity contribution in [3.63, 3.8) is 0 Å². The number of methoxy groups -OCH3 is 1. The summed E-state index contributed by atoms with van der Waals surface area (Å²) in [4.78, 5) is 11.5. The molecule has 0 aliphatic heterocycles. The first-order valence-electron chi connectivity index (χ1n) is 7.41. The fourth-order valence-corrected chi connectivity index (χ4v) is 2.14. The standard InChI is InChI=1S/C19H18F2O3/c1-12(2)19(22)24-18-10-8-14(11-16(18)21)13-5-4-6-15(20)17(23-3)9-7-13/h5,7-11H,1,4,6H2,2-3H3/b9-7-,13-5+,17-15+. The van der Waals surface area contributed by atoms with Crippen molar-refractivity contribution in [2.75, 3.05) is 7.11 Å². The third-order valence-electron chi connectivity index (χ3n) is 3.45. The molecule has 1 aromatic rings. The number of hydrogen-bond donors (Lipinski definition) is 0. The molecule has 0 atom stereocenters. The minimum absolute atomic E-state index is 0.160. The molecule has 0 heterocycles. The second kappa shape index (κ2) is 7.73. The Bertz CT molecular complexity index is 758. The quantitative estimate of drug-likeness (QED) is 0.448. The predicted octanol–water partition coefficient (Wildman–Crippen LogP) is 4.87. The van der Waals surface area contributed by atoms with Crippen LogP contribution in [0.1, 0.15) is 25.3 Å². The van der Waals surface area contributed by atoms with Gasteiger partial charge in [-0.15, -0.1) is 0 Å². The summed E-state index contributed by atoms with van der Waals surface area (Å²) in [6.07, 6.45) is 5.66. The van der Waals surface area contributed by atoms with Gasteiger partial charge in [0.1, 0.15) is 11.6 Å². The van der Waals surface area contributed by atoms with E-state index in [4.69, 9.17) is 9.47 Å².